The lowest BCUT2D eigenvalue weighted by molar-refractivity contribution is -0.130. The predicted octanol–water partition coefficient (Wildman–Crippen LogP) is 3.22. The first kappa shape index (κ1) is 18.2. The molecule has 3 rings (SSSR count). The highest BCUT2D eigenvalue weighted by Crippen LogP contribution is 2.14. The summed E-state index contributed by atoms with van der Waals surface area (Å²) in [6.07, 6.45) is 1.25. The number of benzene rings is 2. The molecule has 0 bridgehead atoms. The van der Waals surface area contributed by atoms with Crippen molar-refractivity contribution in [1.29, 1.82) is 0 Å². The zero-order valence-corrected chi connectivity index (χ0v) is 15.6. The molecule has 1 heterocycles. The van der Waals surface area contributed by atoms with Gasteiger partial charge in [0.1, 0.15) is 0 Å². The Bertz CT molecular complexity index is 786. The van der Waals surface area contributed by atoms with Gasteiger partial charge in [-0.15, -0.1) is 0 Å². The van der Waals surface area contributed by atoms with E-state index in [1.54, 1.807) is 0 Å². The van der Waals surface area contributed by atoms with Crippen LogP contribution in [0.5, 0.6) is 0 Å². The molecule has 0 saturated carbocycles. The maximum Gasteiger partial charge on any atom is 0.253 e. The van der Waals surface area contributed by atoms with Gasteiger partial charge in [-0.2, -0.15) is 0 Å². The SMILES string of the molecule is Cc1ccc(C)c(CC(=O)N2CCCN(C(=O)c3ccccc3)CC2)c1. The molecule has 0 aromatic heterocycles. The van der Waals surface area contributed by atoms with E-state index < -0.39 is 0 Å². The Balaban J connectivity index is 1.62. The van der Waals surface area contributed by atoms with Crippen molar-refractivity contribution >= 4 is 11.8 Å². The minimum absolute atomic E-state index is 0.0504. The minimum atomic E-state index is 0.0504. The monoisotopic (exact) mass is 350 g/mol. The second-order valence-electron chi connectivity index (χ2n) is 7.00. The van der Waals surface area contributed by atoms with Crippen LogP contribution in [-0.4, -0.2) is 47.8 Å². The number of nitrogens with zero attached hydrogens (tertiary/aromatic N) is 2. The largest absolute Gasteiger partial charge is 0.341 e. The van der Waals surface area contributed by atoms with Crippen LogP contribution >= 0.6 is 0 Å². The summed E-state index contributed by atoms with van der Waals surface area (Å²) in [7, 11) is 0. The average Bonchev–Trinajstić information content (AvgIpc) is 2.91. The van der Waals surface area contributed by atoms with Gasteiger partial charge < -0.3 is 9.80 Å². The lowest BCUT2D eigenvalue weighted by Crippen LogP contribution is -2.38. The molecular formula is C22H26N2O2. The van der Waals surface area contributed by atoms with Crippen molar-refractivity contribution in [1.82, 2.24) is 9.80 Å². The minimum Gasteiger partial charge on any atom is -0.341 e. The molecule has 0 radical (unpaired) electrons. The Kier molecular flexibility index (Phi) is 5.71. The Labute approximate surface area is 155 Å². The molecular weight excluding hydrogens is 324 g/mol. The molecule has 4 nitrogen and oxygen atoms in total. The summed E-state index contributed by atoms with van der Waals surface area (Å²) in [6, 6.07) is 15.6. The Morgan fingerprint density at radius 3 is 2.35 bits per heavy atom. The van der Waals surface area contributed by atoms with Crippen LogP contribution in [0.1, 0.15) is 33.5 Å². The van der Waals surface area contributed by atoms with Gasteiger partial charge in [0.2, 0.25) is 5.91 Å². The highest BCUT2D eigenvalue weighted by Gasteiger charge is 2.23. The van der Waals surface area contributed by atoms with Gasteiger partial charge in [0.25, 0.3) is 5.91 Å². The summed E-state index contributed by atoms with van der Waals surface area (Å²) in [5.74, 6) is 0.196. The van der Waals surface area contributed by atoms with E-state index in [1.807, 2.05) is 54.0 Å². The van der Waals surface area contributed by atoms with E-state index >= 15 is 0 Å². The smallest absolute Gasteiger partial charge is 0.253 e. The number of carbonyl (C=O) groups excluding carboxylic acids is 2. The zero-order chi connectivity index (χ0) is 18.5. The molecule has 0 atom stereocenters. The Morgan fingerprint density at radius 1 is 0.885 bits per heavy atom. The van der Waals surface area contributed by atoms with Crippen molar-refractivity contribution in [3.63, 3.8) is 0 Å². The number of hydrogen-bond donors (Lipinski definition) is 0. The number of carbonyl (C=O) groups is 2. The predicted molar refractivity (Wildman–Crippen MR) is 103 cm³/mol. The Hall–Kier alpha value is -2.62. The van der Waals surface area contributed by atoms with E-state index in [0.29, 0.717) is 38.2 Å². The fraction of sp³-hybridized carbons (Fsp3) is 0.364. The molecule has 1 fully saturated rings. The summed E-state index contributed by atoms with van der Waals surface area (Å²) in [5, 5.41) is 0. The van der Waals surface area contributed by atoms with Gasteiger partial charge in [-0.05, 0) is 43.5 Å². The maximum absolute atomic E-state index is 12.8. The normalized spacial score (nSPS) is 14.8. The van der Waals surface area contributed by atoms with E-state index in [4.69, 9.17) is 0 Å². The van der Waals surface area contributed by atoms with Gasteiger partial charge in [-0.25, -0.2) is 0 Å². The van der Waals surface area contributed by atoms with Crippen molar-refractivity contribution < 1.29 is 9.59 Å². The van der Waals surface area contributed by atoms with Gasteiger partial charge >= 0.3 is 0 Å². The molecule has 0 unspecified atom stereocenters. The highest BCUT2D eigenvalue weighted by atomic mass is 16.2. The number of amides is 2. The first-order valence-corrected chi connectivity index (χ1v) is 9.23. The first-order valence-electron chi connectivity index (χ1n) is 9.23. The van der Waals surface area contributed by atoms with E-state index in [9.17, 15) is 9.59 Å². The molecule has 1 saturated heterocycles. The van der Waals surface area contributed by atoms with Crippen LogP contribution in [0.25, 0.3) is 0 Å². The van der Waals surface area contributed by atoms with Gasteiger partial charge in [0, 0.05) is 31.7 Å². The van der Waals surface area contributed by atoms with Crippen LogP contribution in [0.15, 0.2) is 48.5 Å². The molecule has 0 aliphatic carbocycles. The third-order valence-corrected chi connectivity index (χ3v) is 5.00. The molecule has 2 amide bonds. The summed E-state index contributed by atoms with van der Waals surface area (Å²) >= 11 is 0. The molecule has 26 heavy (non-hydrogen) atoms. The highest BCUT2D eigenvalue weighted by molar-refractivity contribution is 5.94. The van der Waals surface area contributed by atoms with E-state index in [2.05, 4.69) is 18.2 Å². The van der Waals surface area contributed by atoms with Crippen LogP contribution in [0.2, 0.25) is 0 Å². The number of hydrogen-bond acceptors (Lipinski definition) is 2. The second-order valence-corrected chi connectivity index (χ2v) is 7.00. The van der Waals surface area contributed by atoms with Crippen LogP contribution < -0.4 is 0 Å². The number of aryl methyl sites for hydroxylation is 2. The van der Waals surface area contributed by atoms with Crippen molar-refractivity contribution in [2.45, 2.75) is 26.7 Å². The molecule has 1 aliphatic rings. The molecule has 0 spiro atoms. The fourth-order valence-corrected chi connectivity index (χ4v) is 3.40. The molecule has 136 valence electrons. The standard InChI is InChI=1S/C22H26N2O2/c1-17-9-10-18(2)20(15-17)16-21(25)23-11-6-12-24(14-13-23)22(26)19-7-4-3-5-8-19/h3-5,7-10,15H,6,11-14,16H2,1-2H3. The fourth-order valence-electron chi connectivity index (χ4n) is 3.40. The van der Waals surface area contributed by atoms with Crippen LogP contribution in [0.4, 0.5) is 0 Å². The van der Waals surface area contributed by atoms with Gasteiger partial charge in [-0.1, -0.05) is 42.0 Å². The van der Waals surface area contributed by atoms with E-state index in [1.165, 1.54) is 5.56 Å². The van der Waals surface area contributed by atoms with Crippen molar-refractivity contribution in [2.75, 3.05) is 26.2 Å². The molecule has 4 heteroatoms. The van der Waals surface area contributed by atoms with Crippen LogP contribution in [0, 0.1) is 13.8 Å². The van der Waals surface area contributed by atoms with E-state index in [0.717, 1.165) is 17.5 Å². The summed E-state index contributed by atoms with van der Waals surface area (Å²) in [6.45, 7) is 6.69. The van der Waals surface area contributed by atoms with Crippen molar-refractivity contribution in [2.24, 2.45) is 0 Å². The van der Waals surface area contributed by atoms with Gasteiger partial charge in [0.05, 0.1) is 6.42 Å². The third-order valence-electron chi connectivity index (χ3n) is 5.00. The molecule has 2 aromatic carbocycles. The van der Waals surface area contributed by atoms with Crippen molar-refractivity contribution in [3.8, 4) is 0 Å². The van der Waals surface area contributed by atoms with Gasteiger partial charge in [0.15, 0.2) is 0 Å². The average molecular weight is 350 g/mol. The topological polar surface area (TPSA) is 40.6 Å². The number of rotatable bonds is 3. The quantitative estimate of drug-likeness (QED) is 0.853. The second kappa shape index (κ2) is 8.17. The first-order chi connectivity index (χ1) is 12.5. The molecule has 1 aliphatic heterocycles. The van der Waals surface area contributed by atoms with Crippen LogP contribution in [0.3, 0.4) is 0 Å². The summed E-state index contributed by atoms with van der Waals surface area (Å²) in [4.78, 5) is 29.1. The molecule has 0 N–H and O–H groups in total. The molecule has 2 aromatic rings. The summed E-state index contributed by atoms with van der Waals surface area (Å²) in [5.41, 5.74) is 4.13. The zero-order valence-electron chi connectivity index (χ0n) is 15.6. The van der Waals surface area contributed by atoms with Crippen LogP contribution in [-0.2, 0) is 11.2 Å². The van der Waals surface area contributed by atoms with E-state index in [-0.39, 0.29) is 11.8 Å². The third kappa shape index (κ3) is 4.31. The Morgan fingerprint density at radius 2 is 1.58 bits per heavy atom. The lowest BCUT2D eigenvalue weighted by atomic mass is 10.0. The van der Waals surface area contributed by atoms with Crippen molar-refractivity contribution in [3.05, 3.63) is 70.8 Å². The maximum atomic E-state index is 12.8. The van der Waals surface area contributed by atoms with Gasteiger partial charge in [-0.3, -0.25) is 9.59 Å². The summed E-state index contributed by atoms with van der Waals surface area (Å²) < 4.78 is 0. The lowest BCUT2D eigenvalue weighted by Gasteiger charge is -2.22.